The van der Waals surface area contributed by atoms with Gasteiger partial charge >= 0.3 is 0 Å². The lowest BCUT2D eigenvalue weighted by Gasteiger charge is -2.34. The van der Waals surface area contributed by atoms with Crippen molar-refractivity contribution in [2.24, 2.45) is 0 Å². The summed E-state index contributed by atoms with van der Waals surface area (Å²) in [4.78, 5) is 3.81. The van der Waals surface area contributed by atoms with E-state index in [1.165, 1.54) is 34.3 Å². The van der Waals surface area contributed by atoms with Gasteiger partial charge in [-0.2, -0.15) is 5.10 Å². The van der Waals surface area contributed by atoms with Gasteiger partial charge in [-0.15, -0.1) is 5.10 Å². The summed E-state index contributed by atoms with van der Waals surface area (Å²) >= 11 is 0. The van der Waals surface area contributed by atoms with E-state index in [4.69, 9.17) is 0 Å². The van der Waals surface area contributed by atoms with Crippen LogP contribution in [0.15, 0.2) is 43.2 Å². The van der Waals surface area contributed by atoms with Crippen molar-refractivity contribution in [1.82, 2.24) is 29.8 Å². The first-order valence-corrected chi connectivity index (χ1v) is 6.87. The molecule has 0 aliphatic rings. The van der Waals surface area contributed by atoms with Gasteiger partial charge in [-0.1, -0.05) is 11.3 Å². The maximum atomic E-state index is 14.3. The minimum atomic E-state index is -1.74. The Morgan fingerprint density at radius 2 is 2.17 bits per heavy atom. The third-order valence-corrected chi connectivity index (χ3v) is 3.80. The first kappa shape index (κ1) is 15.2. The van der Waals surface area contributed by atoms with Gasteiger partial charge in [0.1, 0.15) is 29.9 Å². The van der Waals surface area contributed by atoms with E-state index in [-0.39, 0.29) is 12.1 Å². The molecule has 0 saturated carbocycles. The quantitative estimate of drug-likeness (QED) is 0.766. The molecule has 120 valence electrons. The summed E-state index contributed by atoms with van der Waals surface area (Å²) in [5.74, 6) is -1.57. The van der Waals surface area contributed by atoms with Crippen LogP contribution in [0.5, 0.6) is 0 Å². The van der Waals surface area contributed by atoms with Gasteiger partial charge in [0.25, 0.3) is 0 Å². The molecular weight excluding hydrogens is 306 g/mol. The molecule has 3 aromatic rings. The Bertz CT molecular complexity index is 777. The molecule has 23 heavy (non-hydrogen) atoms. The first-order valence-electron chi connectivity index (χ1n) is 6.87. The van der Waals surface area contributed by atoms with Crippen LogP contribution in [0.25, 0.3) is 0 Å². The third kappa shape index (κ3) is 2.82. The van der Waals surface area contributed by atoms with Gasteiger partial charge in [0.15, 0.2) is 0 Å². The van der Waals surface area contributed by atoms with Crippen molar-refractivity contribution in [2.75, 3.05) is 0 Å². The fraction of sp³-hybridized carbons (Fsp3) is 0.286. The molecule has 0 unspecified atom stereocenters. The molecule has 9 heteroatoms. The van der Waals surface area contributed by atoms with E-state index in [2.05, 4.69) is 20.4 Å². The molecule has 2 atom stereocenters. The summed E-state index contributed by atoms with van der Waals surface area (Å²) in [5, 5.41) is 22.7. The summed E-state index contributed by atoms with van der Waals surface area (Å²) in [5.41, 5.74) is -1.79. The normalized spacial score (nSPS) is 15.3. The summed E-state index contributed by atoms with van der Waals surface area (Å²) in [6.07, 6.45) is 5.72. The molecule has 0 aliphatic carbocycles. The number of aromatic nitrogens is 6. The minimum absolute atomic E-state index is 0.0580. The molecule has 3 rings (SSSR count). The number of hydrogen-bond donors (Lipinski definition) is 1. The van der Waals surface area contributed by atoms with Crippen molar-refractivity contribution < 1.29 is 13.9 Å². The molecule has 0 spiro atoms. The smallest absolute Gasteiger partial charge is 0.137 e. The fourth-order valence-electron chi connectivity index (χ4n) is 2.49. The minimum Gasteiger partial charge on any atom is -0.381 e. The van der Waals surface area contributed by atoms with E-state index in [1.54, 1.807) is 13.1 Å². The third-order valence-electron chi connectivity index (χ3n) is 3.80. The van der Waals surface area contributed by atoms with Crippen LogP contribution in [0, 0.1) is 11.6 Å². The highest BCUT2D eigenvalue weighted by Crippen LogP contribution is 2.36. The van der Waals surface area contributed by atoms with E-state index >= 15 is 0 Å². The zero-order valence-electron chi connectivity index (χ0n) is 12.2. The predicted molar refractivity (Wildman–Crippen MR) is 75.0 cm³/mol. The average molecular weight is 320 g/mol. The van der Waals surface area contributed by atoms with Crippen LogP contribution in [0.4, 0.5) is 8.78 Å². The monoisotopic (exact) mass is 320 g/mol. The Hall–Kier alpha value is -2.68. The zero-order valence-corrected chi connectivity index (χ0v) is 12.2. The highest BCUT2D eigenvalue weighted by Gasteiger charge is 2.40. The fourth-order valence-corrected chi connectivity index (χ4v) is 2.49. The number of halogens is 2. The molecule has 0 radical (unpaired) electrons. The molecule has 0 saturated heterocycles. The SMILES string of the molecule is C[C@@H](n1ccnn1)[C@](O)(Cn1cncn1)c1ccc(F)cc1F. The summed E-state index contributed by atoms with van der Waals surface area (Å²) in [6.45, 7) is 1.57. The number of hydrogen-bond acceptors (Lipinski definition) is 5. The van der Waals surface area contributed by atoms with Crippen LogP contribution in [0.2, 0.25) is 0 Å². The Kier molecular flexibility index (Phi) is 3.87. The Morgan fingerprint density at radius 1 is 1.35 bits per heavy atom. The highest BCUT2D eigenvalue weighted by atomic mass is 19.1. The summed E-state index contributed by atoms with van der Waals surface area (Å²) in [7, 11) is 0. The molecule has 0 fully saturated rings. The van der Waals surface area contributed by atoms with Crippen molar-refractivity contribution >= 4 is 0 Å². The lowest BCUT2D eigenvalue weighted by molar-refractivity contribution is -0.0374. The van der Waals surface area contributed by atoms with E-state index < -0.39 is 23.3 Å². The highest BCUT2D eigenvalue weighted by molar-refractivity contribution is 5.26. The number of rotatable bonds is 5. The molecule has 0 aliphatic heterocycles. The van der Waals surface area contributed by atoms with Crippen LogP contribution in [0.1, 0.15) is 18.5 Å². The number of nitrogens with zero attached hydrogens (tertiary/aromatic N) is 6. The van der Waals surface area contributed by atoms with Crippen LogP contribution in [0.3, 0.4) is 0 Å². The number of benzene rings is 1. The van der Waals surface area contributed by atoms with Crippen LogP contribution >= 0.6 is 0 Å². The molecule has 1 N–H and O–H groups in total. The van der Waals surface area contributed by atoms with Crippen molar-refractivity contribution in [3.8, 4) is 0 Å². The van der Waals surface area contributed by atoms with Crippen LogP contribution in [-0.4, -0.2) is 34.9 Å². The second-order valence-electron chi connectivity index (χ2n) is 5.20. The average Bonchev–Trinajstić information content (AvgIpc) is 3.19. The molecule has 7 nitrogen and oxygen atoms in total. The van der Waals surface area contributed by atoms with Crippen LogP contribution in [-0.2, 0) is 12.1 Å². The van der Waals surface area contributed by atoms with E-state index in [0.717, 1.165) is 12.1 Å². The molecular formula is C14H14F2N6O. The van der Waals surface area contributed by atoms with Crippen molar-refractivity contribution in [3.63, 3.8) is 0 Å². The van der Waals surface area contributed by atoms with E-state index in [0.29, 0.717) is 0 Å². The summed E-state index contributed by atoms with van der Waals surface area (Å²) < 4.78 is 30.3. The number of aliphatic hydroxyl groups is 1. The zero-order chi connectivity index (χ0) is 16.4. The van der Waals surface area contributed by atoms with Gasteiger partial charge in [-0.05, 0) is 13.0 Å². The largest absolute Gasteiger partial charge is 0.381 e. The van der Waals surface area contributed by atoms with Gasteiger partial charge < -0.3 is 5.11 Å². The van der Waals surface area contributed by atoms with Gasteiger partial charge in [-0.3, -0.25) is 0 Å². The van der Waals surface area contributed by atoms with Crippen LogP contribution < -0.4 is 0 Å². The van der Waals surface area contributed by atoms with Crippen molar-refractivity contribution in [1.29, 1.82) is 0 Å². The lowest BCUT2D eigenvalue weighted by Crippen LogP contribution is -2.40. The van der Waals surface area contributed by atoms with Crippen molar-refractivity contribution in [2.45, 2.75) is 25.1 Å². The Balaban J connectivity index is 2.08. The second-order valence-corrected chi connectivity index (χ2v) is 5.20. The predicted octanol–water partition coefficient (Wildman–Crippen LogP) is 1.30. The Morgan fingerprint density at radius 3 is 2.78 bits per heavy atom. The molecule has 0 bridgehead atoms. The van der Waals surface area contributed by atoms with Crippen molar-refractivity contribution in [3.05, 3.63) is 60.4 Å². The van der Waals surface area contributed by atoms with E-state index in [1.807, 2.05) is 0 Å². The standard InChI is InChI=1S/C14H14F2N6O/c1-10(22-5-4-18-20-22)14(23,7-21-9-17-8-19-21)12-3-2-11(15)6-13(12)16/h2-6,8-10,23H,7H2,1H3/t10-,14-/m1/s1. The first-order chi connectivity index (χ1) is 11.0. The second kappa shape index (κ2) is 5.84. The van der Waals surface area contributed by atoms with Gasteiger partial charge in [0.2, 0.25) is 0 Å². The molecule has 2 heterocycles. The molecule has 2 aromatic heterocycles. The van der Waals surface area contributed by atoms with Gasteiger partial charge in [-0.25, -0.2) is 23.1 Å². The molecule has 0 amide bonds. The van der Waals surface area contributed by atoms with E-state index in [9.17, 15) is 13.9 Å². The Labute approximate surface area is 130 Å². The molecule has 1 aromatic carbocycles. The lowest BCUT2D eigenvalue weighted by atomic mass is 9.86. The topological polar surface area (TPSA) is 81.6 Å². The van der Waals surface area contributed by atoms with Gasteiger partial charge in [0.05, 0.1) is 18.8 Å². The van der Waals surface area contributed by atoms with Gasteiger partial charge in [0, 0.05) is 17.8 Å². The maximum Gasteiger partial charge on any atom is 0.137 e. The maximum absolute atomic E-state index is 14.3. The summed E-state index contributed by atoms with van der Waals surface area (Å²) in [6, 6.07) is 2.36.